The zero-order chi connectivity index (χ0) is 17.3. The Kier molecular flexibility index (Phi) is 4.73. The molecule has 0 aromatic heterocycles. The molecular weight excluding hydrogens is 316 g/mol. The average Bonchev–Trinajstić information content (AvgIpc) is 2.94. The molecule has 2 aromatic carbocycles. The lowest BCUT2D eigenvalue weighted by molar-refractivity contribution is 0.392. The second-order valence-corrected chi connectivity index (χ2v) is 7.97. The molecule has 1 atom stereocenters. The van der Waals surface area contributed by atoms with E-state index >= 15 is 0 Å². The Balaban J connectivity index is 1.86. The van der Waals surface area contributed by atoms with Gasteiger partial charge in [0.2, 0.25) is 0 Å². The number of hydrogen-bond donors (Lipinski definition) is 0. The van der Waals surface area contributed by atoms with Crippen LogP contribution in [-0.2, 0) is 11.8 Å². The van der Waals surface area contributed by atoms with E-state index < -0.39 is 0 Å². The van der Waals surface area contributed by atoms with Gasteiger partial charge in [0.1, 0.15) is 5.75 Å². The lowest BCUT2D eigenvalue weighted by Gasteiger charge is -2.25. The first-order valence-corrected chi connectivity index (χ1v) is 8.92. The summed E-state index contributed by atoms with van der Waals surface area (Å²) in [5.74, 6) is 1.46. The van der Waals surface area contributed by atoms with Gasteiger partial charge < -0.3 is 4.74 Å². The second-order valence-electron chi connectivity index (χ2n) is 7.53. The van der Waals surface area contributed by atoms with E-state index in [4.69, 9.17) is 16.3 Å². The van der Waals surface area contributed by atoms with E-state index in [9.17, 15) is 0 Å². The number of ether oxygens (including phenoxy) is 1. The van der Waals surface area contributed by atoms with Gasteiger partial charge in [0.25, 0.3) is 0 Å². The van der Waals surface area contributed by atoms with Crippen LogP contribution >= 0.6 is 11.6 Å². The van der Waals surface area contributed by atoms with Crippen molar-refractivity contribution in [3.8, 4) is 5.75 Å². The van der Waals surface area contributed by atoms with Crippen molar-refractivity contribution >= 4 is 17.7 Å². The summed E-state index contributed by atoms with van der Waals surface area (Å²) in [4.78, 5) is 0. The van der Waals surface area contributed by atoms with Gasteiger partial charge in [-0.05, 0) is 47.1 Å². The molecule has 1 unspecified atom stereocenters. The Morgan fingerprint density at radius 2 is 1.88 bits per heavy atom. The molecule has 0 spiro atoms. The number of aryl methyl sites for hydroxylation is 1. The van der Waals surface area contributed by atoms with Gasteiger partial charge in [0.05, 0.1) is 7.11 Å². The van der Waals surface area contributed by atoms with Gasteiger partial charge in [-0.15, -0.1) is 0 Å². The Morgan fingerprint density at radius 1 is 1.12 bits per heavy atom. The summed E-state index contributed by atoms with van der Waals surface area (Å²) in [5.41, 5.74) is 5.15. The Hall–Kier alpha value is -1.73. The van der Waals surface area contributed by atoms with Crippen LogP contribution in [0.1, 0.15) is 55.4 Å². The molecular formula is C22H25ClO. The number of allylic oxidation sites excluding steroid dienone is 1. The maximum absolute atomic E-state index is 6.39. The second kappa shape index (κ2) is 6.64. The van der Waals surface area contributed by atoms with Crippen molar-refractivity contribution in [3.05, 3.63) is 69.8 Å². The zero-order valence-electron chi connectivity index (χ0n) is 14.9. The summed E-state index contributed by atoms with van der Waals surface area (Å²) in [5, 5.41) is 0.790. The van der Waals surface area contributed by atoms with Crippen molar-refractivity contribution in [2.24, 2.45) is 0 Å². The highest BCUT2D eigenvalue weighted by molar-refractivity contribution is 6.30. The van der Waals surface area contributed by atoms with E-state index in [1.807, 2.05) is 6.07 Å². The number of benzene rings is 2. The van der Waals surface area contributed by atoms with Crippen LogP contribution in [0, 0.1) is 0 Å². The van der Waals surface area contributed by atoms with E-state index in [0.717, 1.165) is 23.6 Å². The monoisotopic (exact) mass is 340 g/mol. The molecule has 0 bridgehead atoms. The molecule has 0 saturated heterocycles. The van der Waals surface area contributed by atoms with Gasteiger partial charge >= 0.3 is 0 Å². The summed E-state index contributed by atoms with van der Waals surface area (Å²) in [6, 6.07) is 12.7. The smallest absolute Gasteiger partial charge is 0.125 e. The summed E-state index contributed by atoms with van der Waals surface area (Å²) < 4.78 is 5.77. The van der Waals surface area contributed by atoms with Crippen LogP contribution in [0.15, 0.2) is 42.5 Å². The van der Waals surface area contributed by atoms with Gasteiger partial charge in [-0.25, -0.2) is 0 Å². The molecule has 0 saturated carbocycles. The molecule has 1 aliphatic carbocycles. The third-order valence-corrected chi connectivity index (χ3v) is 4.99. The van der Waals surface area contributed by atoms with Gasteiger partial charge in [-0.3, -0.25) is 0 Å². The highest BCUT2D eigenvalue weighted by atomic mass is 35.5. The van der Waals surface area contributed by atoms with E-state index in [-0.39, 0.29) is 5.41 Å². The van der Waals surface area contributed by atoms with E-state index in [2.05, 4.69) is 63.3 Å². The molecule has 1 nitrogen and oxygen atoms in total. The topological polar surface area (TPSA) is 9.23 Å². The van der Waals surface area contributed by atoms with Gasteiger partial charge in [-0.1, -0.05) is 68.8 Å². The molecule has 24 heavy (non-hydrogen) atoms. The Labute approximate surface area is 150 Å². The van der Waals surface area contributed by atoms with Crippen LogP contribution in [0.5, 0.6) is 5.75 Å². The van der Waals surface area contributed by atoms with Gasteiger partial charge in [0, 0.05) is 16.5 Å². The molecule has 0 heterocycles. The average molecular weight is 341 g/mol. The molecule has 1 aliphatic rings. The molecule has 0 radical (unpaired) electrons. The van der Waals surface area contributed by atoms with Crippen molar-refractivity contribution in [1.29, 1.82) is 0 Å². The number of fused-ring (bicyclic) bond motifs is 1. The van der Waals surface area contributed by atoms with Crippen molar-refractivity contribution in [2.45, 2.75) is 44.9 Å². The molecule has 0 aliphatic heterocycles. The third kappa shape index (κ3) is 3.37. The van der Waals surface area contributed by atoms with Crippen LogP contribution in [-0.4, -0.2) is 7.11 Å². The van der Waals surface area contributed by atoms with Crippen molar-refractivity contribution in [2.75, 3.05) is 7.11 Å². The minimum absolute atomic E-state index is 0.00482. The van der Waals surface area contributed by atoms with Gasteiger partial charge in [0.15, 0.2) is 0 Å². The quantitative estimate of drug-likeness (QED) is 0.626. The van der Waals surface area contributed by atoms with Crippen molar-refractivity contribution in [3.63, 3.8) is 0 Å². The summed E-state index contributed by atoms with van der Waals surface area (Å²) in [7, 11) is 1.76. The van der Waals surface area contributed by atoms with Crippen LogP contribution in [0.2, 0.25) is 5.02 Å². The van der Waals surface area contributed by atoms with E-state index in [0.29, 0.717) is 5.92 Å². The molecule has 2 aromatic rings. The normalized spacial score (nSPS) is 16.3. The fourth-order valence-electron chi connectivity index (χ4n) is 3.52. The molecule has 0 N–H and O–H groups in total. The highest BCUT2D eigenvalue weighted by Gasteiger charge is 2.23. The maximum atomic E-state index is 6.39. The summed E-state index contributed by atoms with van der Waals surface area (Å²) >= 11 is 6.39. The summed E-state index contributed by atoms with van der Waals surface area (Å²) in [6.07, 6.45) is 6.56. The molecule has 3 rings (SSSR count). The lowest BCUT2D eigenvalue weighted by atomic mass is 9.84. The molecule has 0 fully saturated rings. The number of methoxy groups -OCH3 is 1. The SMILES string of the molecule is COc1c(CCC2C=Cc3ccccc32)cc(Cl)cc1C(C)(C)C. The van der Waals surface area contributed by atoms with Crippen molar-refractivity contribution < 1.29 is 4.74 Å². The molecule has 2 heteroatoms. The minimum atomic E-state index is 0.00482. The van der Waals surface area contributed by atoms with Crippen molar-refractivity contribution in [1.82, 2.24) is 0 Å². The molecule has 0 amide bonds. The fourth-order valence-corrected chi connectivity index (χ4v) is 3.76. The minimum Gasteiger partial charge on any atom is -0.496 e. The number of rotatable bonds is 4. The Bertz CT molecular complexity index is 768. The molecule has 126 valence electrons. The predicted molar refractivity (Wildman–Crippen MR) is 103 cm³/mol. The maximum Gasteiger partial charge on any atom is 0.125 e. The summed E-state index contributed by atoms with van der Waals surface area (Å²) in [6.45, 7) is 6.59. The Morgan fingerprint density at radius 3 is 2.58 bits per heavy atom. The van der Waals surface area contributed by atoms with Crippen LogP contribution in [0.3, 0.4) is 0 Å². The number of halogens is 1. The predicted octanol–water partition coefficient (Wildman–Crippen LogP) is 6.39. The van der Waals surface area contributed by atoms with E-state index in [1.54, 1.807) is 7.11 Å². The fraction of sp³-hybridized carbons (Fsp3) is 0.364. The zero-order valence-corrected chi connectivity index (χ0v) is 15.7. The van der Waals surface area contributed by atoms with Crippen LogP contribution in [0.25, 0.3) is 6.08 Å². The lowest BCUT2D eigenvalue weighted by Crippen LogP contribution is -2.14. The highest BCUT2D eigenvalue weighted by Crippen LogP contribution is 2.39. The first-order chi connectivity index (χ1) is 11.4. The standard InChI is InChI=1S/C22H25ClO/c1-22(2,3)20-14-18(23)13-17(21(20)24-4)12-11-16-10-9-15-7-5-6-8-19(15)16/h5-10,13-14,16H,11-12H2,1-4H3. The van der Waals surface area contributed by atoms with Gasteiger partial charge in [-0.2, -0.15) is 0 Å². The first kappa shape index (κ1) is 17.1. The third-order valence-electron chi connectivity index (χ3n) is 4.77. The largest absolute Gasteiger partial charge is 0.496 e. The number of hydrogen-bond acceptors (Lipinski definition) is 1. The van der Waals surface area contributed by atoms with Crippen LogP contribution in [0.4, 0.5) is 0 Å². The van der Waals surface area contributed by atoms with Crippen LogP contribution < -0.4 is 4.74 Å². The van der Waals surface area contributed by atoms with E-state index in [1.165, 1.54) is 22.3 Å². The first-order valence-electron chi connectivity index (χ1n) is 8.54.